The third kappa shape index (κ3) is 4.71. The summed E-state index contributed by atoms with van der Waals surface area (Å²) in [6.45, 7) is 5.68. The Hall–Kier alpha value is -3.92. The first-order valence-electron chi connectivity index (χ1n) is 13.3. The van der Waals surface area contributed by atoms with Crippen molar-refractivity contribution < 1.29 is 23.6 Å². The highest BCUT2D eigenvalue weighted by Gasteiger charge is 2.40. The number of imide groups is 1. The Labute approximate surface area is 220 Å². The number of nitrogens with one attached hydrogen (secondary N) is 1. The largest absolute Gasteiger partial charge is 0.493 e. The van der Waals surface area contributed by atoms with Gasteiger partial charge in [-0.2, -0.15) is 0 Å². The molecule has 6 rings (SSSR count). The van der Waals surface area contributed by atoms with Gasteiger partial charge in [0.15, 0.2) is 11.4 Å². The van der Waals surface area contributed by atoms with Gasteiger partial charge in [-0.05, 0) is 50.1 Å². The first-order chi connectivity index (χ1) is 18.6. The molecule has 2 aromatic carbocycles. The van der Waals surface area contributed by atoms with Gasteiger partial charge in [-0.3, -0.25) is 24.6 Å². The summed E-state index contributed by atoms with van der Waals surface area (Å²) in [6.07, 6.45) is 2.52. The lowest BCUT2D eigenvalue weighted by atomic mass is 10.0. The monoisotopic (exact) mass is 517 g/mol. The molecule has 0 radical (unpaired) electrons. The van der Waals surface area contributed by atoms with E-state index in [1.165, 1.54) is 0 Å². The van der Waals surface area contributed by atoms with Crippen molar-refractivity contribution in [3.63, 3.8) is 0 Å². The number of hydrogen-bond acceptors (Lipinski definition) is 8. The molecule has 3 amide bonds. The second kappa shape index (κ2) is 10.4. The average Bonchev–Trinajstić information content (AvgIpc) is 3.51. The van der Waals surface area contributed by atoms with Crippen LogP contribution in [-0.4, -0.2) is 78.1 Å². The molecule has 198 valence electrons. The van der Waals surface area contributed by atoms with Crippen LogP contribution in [0, 0.1) is 0 Å². The number of carbonyl (C=O) groups excluding carboxylic acids is 3. The van der Waals surface area contributed by atoms with E-state index in [1.807, 2.05) is 30.3 Å². The van der Waals surface area contributed by atoms with Gasteiger partial charge in [0.25, 0.3) is 5.91 Å². The maximum absolute atomic E-state index is 13.0. The zero-order valence-electron chi connectivity index (χ0n) is 21.2. The van der Waals surface area contributed by atoms with Gasteiger partial charge in [0.05, 0.1) is 18.5 Å². The van der Waals surface area contributed by atoms with E-state index < -0.39 is 11.9 Å². The fourth-order valence-corrected chi connectivity index (χ4v) is 5.60. The van der Waals surface area contributed by atoms with Crippen LogP contribution in [-0.2, 0) is 16.1 Å². The van der Waals surface area contributed by atoms with Crippen molar-refractivity contribution in [2.75, 3.05) is 44.2 Å². The number of fused-ring (bicyclic) bond motifs is 2. The molecule has 10 nitrogen and oxygen atoms in total. The van der Waals surface area contributed by atoms with Crippen molar-refractivity contribution in [2.24, 2.45) is 0 Å². The van der Waals surface area contributed by atoms with Crippen LogP contribution in [0.1, 0.15) is 41.6 Å². The predicted octanol–water partition coefficient (Wildman–Crippen LogP) is 2.57. The summed E-state index contributed by atoms with van der Waals surface area (Å²) < 4.78 is 11.6. The number of nitrogens with zero attached hydrogens (tertiary/aromatic N) is 4. The number of anilines is 1. The van der Waals surface area contributed by atoms with Crippen LogP contribution < -0.4 is 15.0 Å². The molecule has 2 saturated heterocycles. The van der Waals surface area contributed by atoms with Gasteiger partial charge >= 0.3 is 0 Å². The van der Waals surface area contributed by atoms with Crippen molar-refractivity contribution in [3.05, 3.63) is 53.6 Å². The molecule has 0 bridgehead atoms. The van der Waals surface area contributed by atoms with E-state index in [4.69, 9.17) is 9.26 Å². The maximum atomic E-state index is 13.0. The maximum Gasteiger partial charge on any atom is 0.255 e. The number of piperazine rings is 1. The number of unbranched alkanes of at least 4 members (excludes halogenated alkanes) is 1. The van der Waals surface area contributed by atoms with Crippen molar-refractivity contribution in [3.8, 4) is 5.75 Å². The van der Waals surface area contributed by atoms with E-state index >= 15 is 0 Å². The van der Waals surface area contributed by atoms with Gasteiger partial charge in [0.2, 0.25) is 11.8 Å². The number of rotatable bonds is 8. The first kappa shape index (κ1) is 24.4. The summed E-state index contributed by atoms with van der Waals surface area (Å²) in [5.41, 5.74) is 2.21. The summed E-state index contributed by atoms with van der Waals surface area (Å²) in [5.74, 6) is 0.750. The van der Waals surface area contributed by atoms with Crippen molar-refractivity contribution in [1.82, 2.24) is 20.3 Å². The van der Waals surface area contributed by atoms with E-state index in [2.05, 4.69) is 26.3 Å². The number of carbonyl (C=O) groups is 3. The Morgan fingerprint density at radius 1 is 1.00 bits per heavy atom. The zero-order chi connectivity index (χ0) is 26.1. The normalized spacial score (nSPS) is 20.2. The fourth-order valence-electron chi connectivity index (χ4n) is 5.60. The van der Waals surface area contributed by atoms with Crippen LogP contribution >= 0.6 is 0 Å². The van der Waals surface area contributed by atoms with Gasteiger partial charge in [-0.25, -0.2) is 0 Å². The summed E-state index contributed by atoms with van der Waals surface area (Å²) >= 11 is 0. The van der Waals surface area contributed by atoms with Gasteiger partial charge in [-0.1, -0.05) is 23.4 Å². The SMILES string of the molecule is O=C1CCC(N2Cc3c(OCCCCN4CCN(c5noc6ccccc56)CC4)cccc3C2=O)C(=O)N1. The van der Waals surface area contributed by atoms with E-state index in [0.717, 1.165) is 67.9 Å². The number of hydrogen-bond donors (Lipinski definition) is 1. The molecule has 1 unspecified atom stereocenters. The van der Waals surface area contributed by atoms with Gasteiger partial charge in [-0.15, -0.1) is 0 Å². The molecular formula is C28H31N5O5. The molecule has 3 aromatic rings. The van der Waals surface area contributed by atoms with Crippen LogP contribution in [0.2, 0.25) is 0 Å². The highest BCUT2D eigenvalue weighted by molar-refractivity contribution is 6.05. The lowest BCUT2D eigenvalue weighted by Crippen LogP contribution is -2.52. The van der Waals surface area contributed by atoms with E-state index in [-0.39, 0.29) is 18.2 Å². The molecule has 3 aliphatic heterocycles. The minimum absolute atomic E-state index is 0.183. The molecule has 2 fully saturated rings. The number of piperidine rings is 1. The molecule has 0 aliphatic carbocycles. The van der Waals surface area contributed by atoms with E-state index in [9.17, 15) is 14.4 Å². The Bertz CT molecular complexity index is 1360. The lowest BCUT2D eigenvalue weighted by Gasteiger charge is -2.34. The number of ether oxygens (including phenoxy) is 1. The van der Waals surface area contributed by atoms with Crippen LogP contribution in [0.4, 0.5) is 5.82 Å². The number of aromatic nitrogens is 1. The zero-order valence-corrected chi connectivity index (χ0v) is 21.2. The Morgan fingerprint density at radius 3 is 2.68 bits per heavy atom. The average molecular weight is 518 g/mol. The fraction of sp³-hybridized carbons (Fsp3) is 0.429. The molecule has 1 atom stereocenters. The first-order valence-corrected chi connectivity index (χ1v) is 13.3. The Morgan fingerprint density at radius 2 is 1.84 bits per heavy atom. The molecule has 0 saturated carbocycles. The second-order valence-electron chi connectivity index (χ2n) is 10.1. The summed E-state index contributed by atoms with van der Waals surface area (Å²) in [5, 5.41) is 7.69. The molecule has 10 heteroatoms. The third-order valence-corrected chi connectivity index (χ3v) is 7.70. The number of amides is 3. The highest BCUT2D eigenvalue weighted by atomic mass is 16.5. The number of benzene rings is 2. The number of para-hydroxylation sites is 1. The summed E-state index contributed by atoms with van der Waals surface area (Å²) in [6, 6.07) is 12.8. The van der Waals surface area contributed by atoms with Gasteiger partial charge in [0, 0.05) is 43.7 Å². The van der Waals surface area contributed by atoms with Gasteiger partial charge in [0.1, 0.15) is 11.8 Å². The Kier molecular flexibility index (Phi) is 6.71. The Balaban J connectivity index is 0.961. The molecule has 38 heavy (non-hydrogen) atoms. The van der Waals surface area contributed by atoms with Crippen LogP contribution in [0.15, 0.2) is 47.0 Å². The summed E-state index contributed by atoms with van der Waals surface area (Å²) in [4.78, 5) is 43.1. The van der Waals surface area contributed by atoms with Crippen LogP contribution in [0.3, 0.4) is 0 Å². The van der Waals surface area contributed by atoms with Crippen molar-refractivity contribution in [2.45, 2.75) is 38.3 Å². The molecule has 4 heterocycles. The minimum atomic E-state index is -0.621. The molecule has 1 N–H and O–H groups in total. The quantitative estimate of drug-likeness (QED) is 0.359. The molecule has 0 spiro atoms. The van der Waals surface area contributed by atoms with Crippen LogP contribution in [0.25, 0.3) is 11.0 Å². The smallest absolute Gasteiger partial charge is 0.255 e. The minimum Gasteiger partial charge on any atom is -0.493 e. The third-order valence-electron chi connectivity index (χ3n) is 7.70. The van der Waals surface area contributed by atoms with Gasteiger partial charge < -0.3 is 19.1 Å². The predicted molar refractivity (Wildman–Crippen MR) is 140 cm³/mol. The lowest BCUT2D eigenvalue weighted by molar-refractivity contribution is -0.136. The standard InChI is InChI=1S/C28H31N5O5/c34-25-11-10-22(27(35)29-25)33-18-21-19(28(33)36)7-5-9-23(21)37-17-4-3-12-31-13-15-32(16-14-31)26-20-6-1-2-8-24(20)38-30-26/h1-2,5-9,22H,3-4,10-18H2,(H,29,34,35). The van der Waals surface area contributed by atoms with Crippen molar-refractivity contribution in [1.29, 1.82) is 0 Å². The van der Waals surface area contributed by atoms with E-state index in [1.54, 1.807) is 11.0 Å². The topological polar surface area (TPSA) is 108 Å². The second-order valence-corrected chi connectivity index (χ2v) is 10.1. The van der Waals surface area contributed by atoms with E-state index in [0.29, 0.717) is 30.9 Å². The van der Waals surface area contributed by atoms with Crippen molar-refractivity contribution >= 4 is 34.5 Å². The molecular weight excluding hydrogens is 486 g/mol. The highest BCUT2D eigenvalue weighted by Crippen LogP contribution is 2.33. The van der Waals surface area contributed by atoms with Crippen LogP contribution in [0.5, 0.6) is 5.75 Å². The molecule has 1 aromatic heterocycles. The molecule has 3 aliphatic rings. The summed E-state index contributed by atoms with van der Waals surface area (Å²) in [7, 11) is 0.